The lowest BCUT2D eigenvalue weighted by atomic mass is 10.0. The summed E-state index contributed by atoms with van der Waals surface area (Å²) < 4.78 is 5.46. The fourth-order valence-corrected chi connectivity index (χ4v) is 3.50. The minimum absolute atomic E-state index is 0.186. The molecule has 0 bridgehead atoms. The molecule has 3 rings (SSSR count). The Hall–Kier alpha value is -3.08. The van der Waals surface area contributed by atoms with Gasteiger partial charge in [-0.15, -0.1) is 11.3 Å². The zero-order valence-corrected chi connectivity index (χ0v) is 15.5. The van der Waals surface area contributed by atoms with Crippen LogP contribution in [0.3, 0.4) is 0 Å². The number of thiophene rings is 1. The van der Waals surface area contributed by atoms with Gasteiger partial charge in [-0.3, -0.25) is 9.59 Å². The third-order valence-electron chi connectivity index (χ3n) is 3.80. The number of carbonyl (C=O) groups excluding carboxylic acids is 2. The molecule has 1 atom stereocenters. The number of anilines is 1. The molecule has 0 aliphatic carbocycles. The van der Waals surface area contributed by atoms with Crippen LogP contribution in [0.25, 0.3) is 0 Å². The second kappa shape index (κ2) is 8.54. The van der Waals surface area contributed by atoms with Crippen molar-refractivity contribution < 1.29 is 14.0 Å². The molecule has 27 heavy (non-hydrogen) atoms. The van der Waals surface area contributed by atoms with E-state index in [9.17, 15) is 9.59 Å². The van der Waals surface area contributed by atoms with E-state index in [1.807, 2.05) is 29.6 Å². The van der Waals surface area contributed by atoms with Crippen molar-refractivity contribution in [2.24, 2.45) is 0 Å². The number of nitrogens with zero attached hydrogens (tertiary/aromatic N) is 1. The summed E-state index contributed by atoms with van der Waals surface area (Å²) in [5.41, 5.74) is 0.401. The summed E-state index contributed by atoms with van der Waals surface area (Å²) in [6.07, 6.45) is 1.56. The zero-order valence-electron chi connectivity index (χ0n) is 13.9. The quantitative estimate of drug-likeness (QED) is 0.638. The number of nitrogens with one attached hydrogen (secondary N) is 2. The molecular weight excluding hydrogens is 386 g/mol. The van der Waals surface area contributed by atoms with Gasteiger partial charge in [-0.05, 0) is 41.8 Å². The van der Waals surface area contributed by atoms with Gasteiger partial charge in [0.1, 0.15) is 11.8 Å². The number of amides is 2. The molecule has 0 aliphatic rings. The van der Waals surface area contributed by atoms with Crippen molar-refractivity contribution in [3.05, 3.63) is 75.3 Å². The molecule has 1 aromatic carbocycles. The van der Waals surface area contributed by atoms with Gasteiger partial charge in [-0.2, -0.15) is 5.26 Å². The Labute approximate surface area is 164 Å². The normalized spacial score (nSPS) is 11.4. The molecule has 2 amide bonds. The first-order valence-corrected chi connectivity index (χ1v) is 9.20. The predicted octanol–water partition coefficient (Wildman–Crippen LogP) is 3.75. The Morgan fingerprint density at radius 3 is 2.74 bits per heavy atom. The Morgan fingerprint density at radius 2 is 2.07 bits per heavy atom. The monoisotopic (exact) mass is 399 g/mol. The predicted molar refractivity (Wildman–Crippen MR) is 103 cm³/mol. The molecule has 0 saturated carbocycles. The molecule has 0 saturated heterocycles. The van der Waals surface area contributed by atoms with Crippen LogP contribution in [0.1, 0.15) is 22.1 Å². The van der Waals surface area contributed by atoms with Gasteiger partial charge >= 0.3 is 11.8 Å². The van der Waals surface area contributed by atoms with Crippen LogP contribution < -0.4 is 10.6 Å². The van der Waals surface area contributed by atoms with E-state index in [1.165, 1.54) is 29.5 Å². The highest BCUT2D eigenvalue weighted by Gasteiger charge is 2.22. The maximum Gasteiger partial charge on any atom is 0.313 e. The van der Waals surface area contributed by atoms with Crippen molar-refractivity contribution in [2.75, 3.05) is 11.9 Å². The van der Waals surface area contributed by atoms with Crippen molar-refractivity contribution in [1.29, 1.82) is 5.26 Å². The first-order chi connectivity index (χ1) is 13.1. The highest BCUT2D eigenvalue weighted by atomic mass is 35.5. The van der Waals surface area contributed by atoms with Crippen molar-refractivity contribution in [3.63, 3.8) is 0 Å². The molecule has 3 aromatic rings. The van der Waals surface area contributed by atoms with Gasteiger partial charge < -0.3 is 15.1 Å². The summed E-state index contributed by atoms with van der Waals surface area (Å²) in [6.45, 7) is 0.195. The first-order valence-electron chi connectivity index (χ1n) is 7.94. The molecule has 136 valence electrons. The fraction of sp³-hybridized carbons (Fsp3) is 0.105. The second-order valence-corrected chi connectivity index (χ2v) is 6.96. The topological polar surface area (TPSA) is 95.1 Å². The summed E-state index contributed by atoms with van der Waals surface area (Å²) >= 11 is 7.42. The minimum Gasteiger partial charge on any atom is -0.469 e. The summed E-state index contributed by atoms with van der Waals surface area (Å²) in [4.78, 5) is 25.4. The standard InChI is InChI=1S/C19H14ClN3O3S/c20-13-6-5-12(10-21)15(9-13)23-19(25)18(24)22-11-14(16-3-1-7-26-16)17-4-2-8-27-17/h1-9,14H,11H2,(H,22,24)(H,23,25). The molecule has 1 unspecified atom stereocenters. The van der Waals surface area contributed by atoms with E-state index in [0.717, 1.165) is 4.88 Å². The van der Waals surface area contributed by atoms with Crippen LogP contribution in [-0.2, 0) is 9.59 Å². The third kappa shape index (κ3) is 4.56. The average Bonchev–Trinajstić information content (AvgIpc) is 3.36. The number of nitriles is 1. The Balaban J connectivity index is 1.67. The van der Waals surface area contributed by atoms with Crippen LogP contribution in [0.5, 0.6) is 0 Å². The molecule has 2 N–H and O–H groups in total. The van der Waals surface area contributed by atoms with Gasteiger partial charge in [0.05, 0.1) is 23.4 Å². The third-order valence-corrected chi connectivity index (χ3v) is 5.02. The van der Waals surface area contributed by atoms with Gasteiger partial charge in [-0.25, -0.2) is 0 Å². The van der Waals surface area contributed by atoms with Crippen LogP contribution in [0.4, 0.5) is 5.69 Å². The number of rotatable bonds is 5. The van der Waals surface area contributed by atoms with Crippen LogP contribution in [0.15, 0.2) is 58.5 Å². The molecule has 0 aliphatic heterocycles. The van der Waals surface area contributed by atoms with E-state index >= 15 is 0 Å². The van der Waals surface area contributed by atoms with Crippen molar-refractivity contribution in [1.82, 2.24) is 5.32 Å². The number of hydrogen-bond donors (Lipinski definition) is 2. The number of carbonyl (C=O) groups is 2. The Kier molecular flexibility index (Phi) is 5.91. The lowest BCUT2D eigenvalue weighted by molar-refractivity contribution is -0.136. The van der Waals surface area contributed by atoms with E-state index in [-0.39, 0.29) is 23.7 Å². The van der Waals surface area contributed by atoms with E-state index in [2.05, 4.69) is 10.6 Å². The Morgan fingerprint density at radius 1 is 1.22 bits per heavy atom. The first kappa shape index (κ1) is 18.7. The van der Waals surface area contributed by atoms with Gasteiger partial charge in [0.15, 0.2) is 0 Å². The maximum atomic E-state index is 12.2. The number of halogens is 1. The highest BCUT2D eigenvalue weighted by Crippen LogP contribution is 2.28. The SMILES string of the molecule is N#Cc1ccc(Cl)cc1NC(=O)C(=O)NCC(c1ccco1)c1cccs1. The second-order valence-electron chi connectivity index (χ2n) is 5.55. The van der Waals surface area contributed by atoms with Gasteiger partial charge in [0.2, 0.25) is 0 Å². The van der Waals surface area contributed by atoms with Crippen molar-refractivity contribution >= 4 is 40.4 Å². The molecule has 0 spiro atoms. The number of hydrogen-bond acceptors (Lipinski definition) is 5. The summed E-state index contributed by atoms with van der Waals surface area (Å²) in [6, 6.07) is 13.8. The van der Waals surface area contributed by atoms with Gasteiger partial charge in [0.25, 0.3) is 0 Å². The number of furan rings is 1. The van der Waals surface area contributed by atoms with Crippen LogP contribution in [-0.4, -0.2) is 18.4 Å². The highest BCUT2D eigenvalue weighted by molar-refractivity contribution is 7.10. The lowest BCUT2D eigenvalue weighted by Crippen LogP contribution is -2.37. The van der Waals surface area contributed by atoms with Crippen LogP contribution >= 0.6 is 22.9 Å². The molecule has 8 heteroatoms. The summed E-state index contributed by atoms with van der Waals surface area (Å²) in [7, 11) is 0. The van der Waals surface area contributed by atoms with E-state index in [0.29, 0.717) is 10.8 Å². The van der Waals surface area contributed by atoms with Crippen molar-refractivity contribution in [3.8, 4) is 6.07 Å². The lowest BCUT2D eigenvalue weighted by Gasteiger charge is -2.14. The maximum absolute atomic E-state index is 12.2. The zero-order chi connectivity index (χ0) is 19.2. The minimum atomic E-state index is -0.877. The summed E-state index contributed by atoms with van der Waals surface area (Å²) in [5, 5.41) is 16.4. The molecule has 0 radical (unpaired) electrons. The van der Waals surface area contributed by atoms with E-state index < -0.39 is 11.8 Å². The fourth-order valence-electron chi connectivity index (χ4n) is 2.49. The smallest absolute Gasteiger partial charge is 0.313 e. The van der Waals surface area contributed by atoms with E-state index in [4.69, 9.17) is 21.3 Å². The van der Waals surface area contributed by atoms with E-state index in [1.54, 1.807) is 12.3 Å². The largest absolute Gasteiger partial charge is 0.469 e. The molecule has 2 heterocycles. The van der Waals surface area contributed by atoms with Crippen LogP contribution in [0, 0.1) is 11.3 Å². The Bertz CT molecular complexity index is 944. The van der Waals surface area contributed by atoms with Crippen LogP contribution in [0.2, 0.25) is 5.02 Å². The molecule has 0 fully saturated rings. The summed E-state index contributed by atoms with van der Waals surface area (Å²) in [5.74, 6) is -1.19. The molecular formula is C19H14ClN3O3S. The van der Waals surface area contributed by atoms with Crippen molar-refractivity contribution in [2.45, 2.75) is 5.92 Å². The number of benzene rings is 1. The average molecular weight is 400 g/mol. The molecule has 2 aromatic heterocycles. The van der Waals surface area contributed by atoms with Gasteiger partial charge in [-0.1, -0.05) is 17.7 Å². The van der Waals surface area contributed by atoms with Gasteiger partial charge in [0, 0.05) is 16.4 Å². The molecule has 6 nitrogen and oxygen atoms in total.